The van der Waals surface area contributed by atoms with Crippen LogP contribution in [0.5, 0.6) is 5.75 Å². The number of nitrogens with one attached hydrogen (secondary N) is 3. The van der Waals surface area contributed by atoms with Crippen molar-refractivity contribution in [1.82, 2.24) is 20.4 Å². The summed E-state index contributed by atoms with van der Waals surface area (Å²) in [6, 6.07) is 19.6. The third kappa shape index (κ3) is 11.2. The Morgan fingerprint density at radius 3 is 2.00 bits per heavy atom. The monoisotopic (exact) mass is 788 g/mol. The number of hydrogen-bond donors (Lipinski definition) is 3. The first-order valence-electron chi connectivity index (χ1n) is 19.2. The molecule has 0 spiro atoms. The number of carbonyl (C=O) groups excluding carboxylic acids is 4. The van der Waals surface area contributed by atoms with Crippen molar-refractivity contribution in [2.75, 3.05) is 87.2 Å². The van der Waals surface area contributed by atoms with Gasteiger partial charge < -0.3 is 25.2 Å². The molecule has 6 rings (SSSR count). The van der Waals surface area contributed by atoms with E-state index in [4.69, 9.17) is 10.00 Å². The van der Waals surface area contributed by atoms with Crippen molar-refractivity contribution in [3.05, 3.63) is 83.4 Å². The summed E-state index contributed by atoms with van der Waals surface area (Å²) in [4.78, 5) is 58.1. The number of imide groups is 1. The maximum absolute atomic E-state index is 13.3. The molecule has 3 aliphatic rings. The zero-order valence-corrected chi connectivity index (χ0v) is 31.8. The standard InChI is InChI=1S/C41H47F3N8O5/c1-28(39(55)46-31-5-4-30(26-45)35(25-31)41(42,43)44)27-57-34-10-8-33(9-11-34)52-22-18-50(19-23-52)15-14-49-16-20-51(21-17-49)32-6-2-29(3-7-32)24-38(54)47-36-12-13-37(53)48-40(36)56/h2-11,25,28,36H,12-24,27H2,1H3,(H,46,55)(H,47,54)(H,48,53,56). The molecule has 2 atom stereocenters. The van der Waals surface area contributed by atoms with Crippen LogP contribution in [0.4, 0.5) is 30.2 Å². The van der Waals surface area contributed by atoms with E-state index in [1.54, 1.807) is 6.92 Å². The zero-order valence-electron chi connectivity index (χ0n) is 31.8. The number of benzene rings is 3. The lowest BCUT2D eigenvalue weighted by Crippen LogP contribution is -2.52. The molecule has 4 amide bonds. The second-order valence-electron chi connectivity index (χ2n) is 14.6. The number of anilines is 3. The van der Waals surface area contributed by atoms with Crippen LogP contribution in [0.15, 0.2) is 66.7 Å². The van der Waals surface area contributed by atoms with Crippen LogP contribution in [0.3, 0.4) is 0 Å². The lowest BCUT2D eigenvalue weighted by Gasteiger charge is -2.39. The molecule has 16 heteroatoms. The Balaban J connectivity index is 0.856. The predicted molar refractivity (Wildman–Crippen MR) is 208 cm³/mol. The van der Waals surface area contributed by atoms with E-state index in [-0.39, 0.29) is 37.0 Å². The molecule has 3 aromatic rings. The van der Waals surface area contributed by atoms with Gasteiger partial charge >= 0.3 is 6.18 Å². The summed E-state index contributed by atoms with van der Waals surface area (Å²) in [7, 11) is 0. The zero-order chi connectivity index (χ0) is 40.5. The van der Waals surface area contributed by atoms with E-state index in [0.717, 1.165) is 94.5 Å². The first-order chi connectivity index (χ1) is 27.3. The highest BCUT2D eigenvalue weighted by atomic mass is 19.4. The molecule has 57 heavy (non-hydrogen) atoms. The van der Waals surface area contributed by atoms with Gasteiger partial charge in [-0.05, 0) is 66.6 Å². The normalized spacial score (nSPS) is 18.7. The highest BCUT2D eigenvalue weighted by Gasteiger charge is 2.34. The first-order valence-corrected chi connectivity index (χ1v) is 19.2. The Bertz CT molecular complexity index is 1940. The molecular weight excluding hydrogens is 741 g/mol. The SMILES string of the molecule is CC(COc1ccc(N2CCN(CCN3CCN(c4ccc(CC(=O)NC5CCC(=O)NC5=O)cc4)CC3)CC2)cc1)C(=O)Nc1ccc(C#N)c(C(F)(F)F)c1. The van der Waals surface area contributed by atoms with E-state index in [0.29, 0.717) is 12.2 Å². The van der Waals surface area contributed by atoms with Crippen molar-refractivity contribution in [1.29, 1.82) is 5.26 Å². The highest BCUT2D eigenvalue weighted by molar-refractivity contribution is 6.01. The van der Waals surface area contributed by atoms with E-state index >= 15 is 0 Å². The number of rotatable bonds is 13. The van der Waals surface area contributed by atoms with Crippen LogP contribution in [0.25, 0.3) is 0 Å². The molecule has 3 saturated heterocycles. The lowest BCUT2D eigenvalue weighted by atomic mass is 10.1. The van der Waals surface area contributed by atoms with E-state index in [9.17, 15) is 32.3 Å². The van der Waals surface area contributed by atoms with E-state index < -0.39 is 41.1 Å². The van der Waals surface area contributed by atoms with Crippen LogP contribution in [0.2, 0.25) is 0 Å². The molecule has 3 aromatic carbocycles. The van der Waals surface area contributed by atoms with Crippen molar-refractivity contribution >= 4 is 40.7 Å². The average molecular weight is 789 g/mol. The Morgan fingerprint density at radius 1 is 0.877 bits per heavy atom. The quantitative estimate of drug-likeness (QED) is 0.219. The van der Waals surface area contributed by atoms with E-state index in [1.807, 2.05) is 48.5 Å². The molecule has 3 aliphatic heterocycles. The fourth-order valence-corrected chi connectivity index (χ4v) is 7.10. The molecule has 3 heterocycles. The topological polar surface area (TPSA) is 150 Å². The molecular formula is C41H47F3N8O5. The van der Waals surface area contributed by atoms with E-state index in [1.165, 1.54) is 12.1 Å². The molecule has 0 saturated carbocycles. The van der Waals surface area contributed by atoms with Crippen molar-refractivity contribution in [2.45, 2.75) is 38.4 Å². The molecule has 302 valence electrons. The smallest absolute Gasteiger partial charge is 0.417 e. The van der Waals surface area contributed by atoms with Crippen LogP contribution in [0, 0.1) is 17.2 Å². The molecule has 2 unspecified atom stereocenters. The molecule has 13 nitrogen and oxygen atoms in total. The highest BCUT2D eigenvalue weighted by Crippen LogP contribution is 2.33. The van der Waals surface area contributed by atoms with Gasteiger partial charge in [0.1, 0.15) is 11.8 Å². The number of halogens is 3. The van der Waals surface area contributed by atoms with Gasteiger partial charge in [0.05, 0.1) is 36.1 Å². The van der Waals surface area contributed by atoms with Gasteiger partial charge in [-0.2, -0.15) is 18.4 Å². The molecule has 0 aliphatic carbocycles. The Morgan fingerprint density at radius 2 is 1.46 bits per heavy atom. The van der Waals surface area contributed by atoms with Crippen LogP contribution in [-0.2, 0) is 31.8 Å². The van der Waals surface area contributed by atoms with Gasteiger partial charge in [0.2, 0.25) is 23.6 Å². The summed E-state index contributed by atoms with van der Waals surface area (Å²) in [5.41, 5.74) is 1.40. The summed E-state index contributed by atoms with van der Waals surface area (Å²) in [6.45, 7) is 11.1. The van der Waals surface area contributed by atoms with Crippen molar-refractivity contribution < 1.29 is 37.1 Å². The number of nitrogens with zero attached hydrogens (tertiary/aromatic N) is 5. The molecule has 3 fully saturated rings. The molecule has 0 aromatic heterocycles. The van der Waals surface area contributed by atoms with E-state index in [2.05, 4.69) is 35.6 Å². The third-order valence-electron chi connectivity index (χ3n) is 10.6. The van der Waals surface area contributed by atoms with Gasteiger partial charge in [-0.1, -0.05) is 19.1 Å². The number of carbonyl (C=O) groups is 4. The predicted octanol–water partition coefficient (Wildman–Crippen LogP) is 3.64. The van der Waals surface area contributed by atoms with Gasteiger partial charge in [-0.15, -0.1) is 0 Å². The maximum Gasteiger partial charge on any atom is 0.417 e. The van der Waals surface area contributed by atoms with Crippen LogP contribution in [0.1, 0.15) is 36.5 Å². The minimum Gasteiger partial charge on any atom is -0.493 e. The van der Waals surface area contributed by atoms with Crippen LogP contribution >= 0.6 is 0 Å². The second-order valence-corrected chi connectivity index (χ2v) is 14.6. The van der Waals surface area contributed by atoms with Crippen molar-refractivity contribution in [2.24, 2.45) is 5.92 Å². The molecule has 0 bridgehead atoms. The average Bonchev–Trinajstić information content (AvgIpc) is 3.21. The summed E-state index contributed by atoms with van der Waals surface area (Å²) in [5.74, 6) is -1.57. The number of piperidine rings is 1. The number of hydrogen-bond acceptors (Lipinski definition) is 10. The summed E-state index contributed by atoms with van der Waals surface area (Å²) < 4.78 is 45.7. The fourth-order valence-electron chi connectivity index (χ4n) is 7.10. The minimum absolute atomic E-state index is 0.0344. The van der Waals surface area contributed by atoms with Gasteiger partial charge in [0, 0.05) is 88.9 Å². The summed E-state index contributed by atoms with van der Waals surface area (Å²) in [6.07, 6.45) is -4.01. The second kappa shape index (κ2) is 18.5. The lowest BCUT2D eigenvalue weighted by molar-refractivity contribution is -0.138. The van der Waals surface area contributed by atoms with Crippen LogP contribution < -0.4 is 30.5 Å². The number of piperazine rings is 2. The van der Waals surface area contributed by atoms with Gasteiger partial charge in [-0.25, -0.2) is 0 Å². The third-order valence-corrected chi connectivity index (χ3v) is 10.6. The maximum atomic E-state index is 13.3. The minimum atomic E-state index is -4.72. The van der Waals surface area contributed by atoms with Crippen LogP contribution in [-0.4, -0.2) is 112 Å². The number of nitriles is 1. The van der Waals surface area contributed by atoms with Crippen molar-refractivity contribution in [3.8, 4) is 11.8 Å². The van der Waals surface area contributed by atoms with Gasteiger partial charge in [0.15, 0.2) is 0 Å². The Labute approximate surface area is 329 Å². The molecule has 0 radical (unpaired) electrons. The summed E-state index contributed by atoms with van der Waals surface area (Å²) in [5, 5.41) is 16.5. The Hall–Kier alpha value is -5.66. The number of ether oxygens (including phenoxy) is 1. The summed E-state index contributed by atoms with van der Waals surface area (Å²) >= 11 is 0. The molecule has 3 N–H and O–H groups in total. The Kier molecular flexibility index (Phi) is 13.3. The largest absolute Gasteiger partial charge is 0.493 e. The number of amides is 4. The van der Waals surface area contributed by atoms with Gasteiger partial charge in [0.25, 0.3) is 0 Å². The first kappa shape index (κ1) is 41.0. The fraction of sp³-hybridized carbons (Fsp3) is 0.439. The van der Waals surface area contributed by atoms with Gasteiger partial charge in [-0.3, -0.25) is 34.3 Å². The number of alkyl halides is 3. The van der Waals surface area contributed by atoms with Crippen molar-refractivity contribution in [3.63, 3.8) is 0 Å².